The predicted octanol–water partition coefficient (Wildman–Crippen LogP) is 10.8. The summed E-state index contributed by atoms with van der Waals surface area (Å²) < 4.78 is 23.8. The van der Waals surface area contributed by atoms with Gasteiger partial charge < -0.3 is 29.4 Å². The number of alkyl carbamates (subject to hydrolysis) is 1. The van der Waals surface area contributed by atoms with Gasteiger partial charge in [0, 0.05) is 55.0 Å². The van der Waals surface area contributed by atoms with Crippen molar-refractivity contribution in [1.29, 1.82) is 0 Å². The number of nitrogens with one attached hydrogen (secondary N) is 1. The van der Waals surface area contributed by atoms with Gasteiger partial charge in [0.1, 0.15) is 11.1 Å². The van der Waals surface area contributed by atoms with Crippen LogP contribution in [0.5, 0.6) is 0 Å². The number of carbonyl (C=O) groups is 3. The van der Waals surface area contributed by atoms with E-state index in [2.05, 4.69) is 5.32 Å². The van der Waals surface area contributed by atoms with Crippen LogP contribution < -0.4 is 5.32 Å². The molecule has 13 nitrogen and oxygen atoms in total. The molecular weight excluding hydrogens is 823 g/mol. The fourth-order valence-corrected chi connectivity index (χ4v) is 7.84. The summed E-state index contributed by atoms with van der Waals surface area (Å²) in [4.78, 5) is 55.1. The van der Waals surface area contributed by atoms with E-state index in [4.69, 9.17) is 23.9 Å². The van der Waals surface area contributed by atoms with Crippen molar-refractivity contribution >= 4 is 35.1 Å². The predicted molar refractivity (Wildman–Crippen MR) is 247 cm³/mol. The standard InChI is InChI=1S/C49H65N3O10S/c1-29(2)24-43(61-49(56)50-11)46-51-40(28-63-46)45-34(7)15-13-14-33(6)44(59-12)37(10)41(53)23-17-30(3)25-32(5)26-36(9)42(27-31(4)16-18-35(8)47(54)62-45)60-48(55)38-19-21-39(22-20-38)52(57)58/h13-15,17-23,25-29,34,36-37,41-45,53H,16,24H2,1-12H3,(H,50,56)/b15-13+,23-17+,30-25-,31-27+,32-26-,33-14+,35-18+/t34-,36-,37-,41+,42+,43-,44+,45-/m0/s1. The molecule has 3 rings (SSSR count). The Hall–Kier alpha value is -5.44. The minimum absolute atomic E-state index is 0.144. The van der Waals surface area contributed by atoms with Crippen molar-refractivity contribution in [2.45, 2.75) is 113 Å². The molecule has 2 heterocycles. The summed E-state index contributed by atoms with van der Waals surface area (Å²) in [6, 6.07) is 5.23. The molecule has 1 aliphatic heterocycles. The lowest BCUT2D eigenvalue weighted by Crippen LogP contribution is -2.30. The summed E-state index contributed by atoms with van der Waals surface area (Å²) in [6.45, 7) is 19.2. The Morgan fingerprint density at radius 2 is 1.71 bits per heavy atom. The van der Waals surface area contributed by atoms with E-state index in [1.165, 1.54) is 42.6 Å². The lowest BCUT2D eigenvalue weighted by molar-refractivity contribution is -0.384. The summed E-state index contributed by atoms with van der Waals surface area (Å²) in [6.07, 6.45) is 13.8. The number of nitrogens with zero attached hydrogens (tertiary/aromatic N) is 2. The minimum Gasteiger partial charge on any atom is -0.454 e. The first-order valence-corrected chi connectivity index (χ1v) is 22.1. The van der Waals surface area contributed by atoms with Gasteiger partial charge >= 0.3 is 18.0 Å². The number of hydrogen-bond acceptors (Lipinski definition) is 12. The molecule has 0 fully saturated rings. The number of amides is 1. The molecule has 0 spiro atoms. The average molecular weight is 888 g/mol. The average Bonchev–Trinajstić information content (AvgIpc) is 3.72. The first-order valence-electron chi connectivity index (χ1n) is 21.2. The Balaban J connectivity index is 2.12. The van der Waals surface area contributed by atoms with E-state index in [1.54, 1.807) is 26.2 Å². The number of ether oxygens (including phenoxy) is 4. The fraction of sp³-hybridized carbons (Fsp3) is 0.469. The van der Waals surface area contributed by atoms with Crippen LogP contribution in [0.15, 0.2) is 112 Å². The van der Waals surface area contributed by atoms with Gasteiger partial charge in [-0.2, -0.15) is 0 Å². The van der Waals surface area contributed by atoms with Crippen molar-refractivity contribution in [3.8, 4) is 0 Å². The number of hydrogen-bond donors (Lipinski definition) is 2. The number of carbonyl (C=O) groups excluding carboxylic acids is 3. The van der Waals surface area contributed by atoms with Gasteiger partial charge in [-0.3, -0.25) is 10.1 Å². The monoisotopic (exact) mass is 887 g/mol. The van der Waals surface area contributed by atoms with E-state index in [9.17, 15) is 29.6 Å². The minimum atomic E-state index is -0.833. The number of allylic oxidation sites excluding steroid dienone is 8. The molecule has 0 unspecified atom stereocenters. The molecule has 0 saturated heterocycles. The molecule has 0 bridgehead atoms. The molecule has 342 valence electrons. The zero-order chi connectivity index (χ0) is 47.0. The lowest BCUT2D eigenvalue weighted by atomic mass is 9.91. The van der Waals surface area contributed by atoms with Crippen LogP contribution in [0.25, 0.3) is 0 Å². The molecule has 0 aliphatic carbocycles. The smallest absolute Gasteiger partial charge is 0.407 e. The summed E-state index contributed by atoms with van der Waals surface area (Å²) in [5, 5.41) is 27.4. The number of benzene rings is 1. The fourth-order valence-electron chi connectivity index (χ4n) is 6.95. The quantitative estimate of drug-likeness (QED) is 0.0805. The van der Waals surface area contributed by atoms with Crippen molar-refractivity contribution in [2.24, 2.45) is 23.7 Å². The molecule has 0 radical (unpaired) electrons. The number of thiazole rings is 1. The number of rotatable bonds is 9. The van der Waals surface area contributed by atoms with Gasteiger partial charge in [0.15, 0.2) is 12.2 Å². The number of nitro benzene ring substituents is 1. The SMILES string of the molecule is CNC(=O)O[C@@H](CC(C)C)c1nc([C@H]2OC(=O)/C(C)=C/C/C(C)=C/[C@@H](OC(=O)c3ccc([N+](=O)[O-])cc3)[C@@H](C)\C=C(C)/C=C(C)\C=C\[C@@H](O)[C@H](C)[C@H](OC)/C(C)=C/C=C/[C@@H]2C)cs1. The van der Waals surface area contributed by atoms with E-state index in [0.29, 0.717) is 29.1 Å². The molecule has 2 N–H and O–H groups in total. The molecule has 1 aromatic heterocycles. The topological polar surface area (TPSA) is 176 Å². The van der Waals surface area contributed by atoms with Gasteiger partial charge in [-0.05, 0) is 77.2 Å². The Kier molecular flexibility index (Phi) is 20.6. The number of methoxy groups -OCH3 is 1. The first-order chi connectivity index (χ1) is 29.7. The van der Waals surface area contributed by atoms with Crippen LogP contribution in [0, 0.1) is 33.8 Å². The van der Waals surface area contributed by atoms with E-state index in [-0.39, 0.29) is 34.9 Å². The van der Waals surface area contributed by atoms with Gasteiger partial charge in [-0.1, -0.05) is 99.9 Å². The van der Waals surface area contributed by atoms with Gasteiger partial charge in [-0.25, -0.2) is 19.4 Å². The molecule has 1 amide bonds. The number of aromatic nitrogens is 1. The van der Waals surface area contributed by atoms with Crippen molar-refractivity contribution in [2.75, 3.05) is 14.2 Å². The molecule has 2 aromatic rings. The second-order valence-corrected chi connectivity index (χ2v) is 17.6. The second-order valence-electron chi connectivity index (χ2n) is 16.7. The van der Waals surface area contributed by atoms with Crippen LogP contribution in [0.4, 0.5) is 10.5 Å². The van der Waals surface area contributed by atoms with Crippen molar-refractivity contribution in [3.63, 3.8) is 0 Å². The van der Waals surface area contributed by atoms with Crippen LogP contribution in [0.1, 0.15) is 115 Å². The highest BCUT2D eigenvalue weighted by Crippen LogP contribution is 2.34. The molecule has 0 saturated carbocycles. The van der Waals surface area contributed by atoms with Gasteiger partial charge in [0.2, 0.25) is 0 Å². The Morgan fingerprint density at radius 3 is 2.33 bits per heavy atom. The maximum absolute atomic E-state index is 13.9. The zero-order valence-corrected chi connectivity index (χ0v) is 39.4. The lowest BCUT2D eigenvalue weighted by Gasteiger charge is -2.26. The molecule has 14 heteroatoms. The van der Waals surface area contributed by atoms with Crippen LogP contribution in [0.2, 0.25) is 0 Å². The summed E-state index contributed by atoms with van der Waals surface area (Å²) in [5.74, 6) is -1.97. The normalized spacial score (nSPS) is 29.2. The van der Waals surface area contributed by atoms with Crippen LogP contribution in [-0.4, -0.2) is 65.5 Å². The van der Waals surface area contributed by atoms with Crippen LogP contribution in [0.3, 0.4) is 0 Å². The Bertz CT molecular complexity index is 2110. The number of esters is 2. The van der Waals surface area contributed by atoms with E-state index < -0.39 is 53.5 Å². The molecule has 8 atom stereocenters. The van der Waals surface area contributed by atoms with Gasteiger partial charge in [-0.15, -0.1) is 11.3 Å². The first kappa shape index (κ1) is 51.9. The summed E-state index contributed by atoms with van der Waals surface area (Å²) >= 11 is 1.33. The maximum atomic E-state index is 13.9. The summed E-state index contributed by atoms with van der Waals surface area (Å²) in [7, 11) is 3.10. The molecule has 63 heavy (non-hydrogen) atoms. The van der Waals surface area contributed by atoms with E-state index in [0.717, 1.165) is 22.3 Å². The number of non-ortho nitro benzene ring substituents is 1. The van der Waals surface area contributed by atoms with Crippen molar-refractivity contribution in [3.05, 3.63) is 139 Å². The number of aliphatic hydroxyl groups is 1. The highest BCUT2D eigenvalue weighted by atomic mass is 32.1. The third-order valence-corrected chi connectivity index (χ3v) is 11.5. The number of cyclic esters (lactones) is 1. The Morgan fingerprint density at radius 1 is 1.03 bits per heavy atom. The third-order valence-electron chi connectivity index (χ3n) is 10.6. The molecular formula is C49H65N3O10S. The molecule has 1 aliphatic rings. The highest BCUT2D eigenvalue weighted by Gasteiger charge is 2.29. The molecule has 1 aromatic carbocycles. The summed E-state index contributed by atoms with van der Waals surface area (Å²) in [5.41, 5.74) is 4.38. The zero-order valence-electron chi connectivity index (χ0n) is 38.6. The van der Waals surface area contributed by atoms with E-state index in [1.807, 2.05) is 110 Å². The van der Waals surface area contributed by atoms with Gasteiger partial charge in [0.25, 0.3) is 5.69 Å². The van der Waals surface area contributed by atoms with Gasteiger partial charge in [0.05, 0.1) is 28.4 Å². The number of aliphatic hydroxyl groups excluding tert-OH is 1. The highest BCUT2D eigenvalue weighted by molar-refractivity contribution is 7.09. The maximum Gasteiger partial charge on any atom is 0.407 e. The van der Waals surface area contributed by atoms with E-state index >= 15 is 0 Å². The number of nitro groups is 1. The van der Waals surface area contributed by atoms with Crippen LogP contribution >= 0.6 is 11.3 Å². The third kappa shape index (κ3) is 16.3. The Labute approximate surface area is 376 Å². The second kappa shape index (κ2) is 25.0. The largest absolute Gasteiger partial charge is 0.454 e. The van der Waals surface area contributed by atoms with Crippen molar-refractivity contribution in [1.82, 2.24) is 10.3 Å². The van der Waals surface area contributed by atoms with Crippen molar-refractivity contribution < 1.29 is 43.4 Å². The van der Waals surface area contributed by atoms with Crippen LogP contribution in [-0.2, 0) is 23.7 Å².